The first-order chi connectivity index (χ1) is 4.38. The molecule has 0 unspecified atom stereocenters. The van der Waals surface area contributed by atoms with Crippen LogP contribution in [0.2, 0.25) is 0 Å². The number of anilines is 1. The van der Waals surface area contributed by atoms with E-state index in [-0.39, 0.29) is 0 Å². The summed E-state index contributed by atoms with van der Waals surface area (Å²) in [5, 5.41) is 5.49. The number of nitrogen functional groups attached to an aromatic ring is 1. The van der Waals surface area contributed by atoms with E-state index >= 15 is 0 Å². The Labute approximate surface area is 55.1 Å². The lowest BCUT2D eigenvalue weighted by molar-refractivity contribution is 0.460. The quantitative estimate of drug-likeness (QED) is 0.602. The normalized spacial score (nSPS) is 10.7. The van der Waals surface area contributed by atoms with Crippen LogP contribution in [0, 0.1) is 0 Å². The van der Waals surface area contributed by atoms with Gasteiger partial charge in [0.15, 0.2) is 11.4 Å². The van der Waals surface area contributed by atoms with Crippen LogP contribution in [0.15, 0.2) is 16.0 Å². The summed E-state index contributed by atoms with van der Waals surface area (Å²) in [6.45, 7) is 0. The van der Waals surface area contributed by atoms with Gasteiger partial charge in [0.1, 0.15) is 4.70 Å². The summed E-state index contributed by atoms with van der Waals surface area (Å²) in [5.41, 5.74) is 6.20. The van der Waals surface area contributed by atoms with Crippen LogP contribution >= 0.6 is 11.3 Å². The van der Waals surface area contributed by atoms with Crippen molar-refractivity contribution >= 4 is 27.4 Å². The Bertz CT molecular complexity index is 324. The molecular formula is C5H4N2OS. The van der Waals surface area contributed by atoms with Crippen molar-refractivity contribution in [3.63, 3.8) is 0 Å². The van der Waals surface area contributed by atoms with Crippen LogP contribution in [0.5, 0.6) is 0 Å². The molecule has 9 heavy (non-hydrogen) atoms. The minimum atomic E-state index is 0.486. The van der Waals surface area contributed by atoms with Crippen molar-refractivity contribution < 1.29 is 4.52 Å². The molecule has 0 aromatic carbocycles. The zero-order valence-electron chi connectivity index (χ0n) is 4.50. The zero-order chi connectivity index (χ0) is 6.27. The van der Waals surface area contributed by atoms with E-state index in [9.17, 15) is 0 Å². The summed E-state index contributed by atoms with van der Waals surface area (Å²) in [4.78, 5) is 0. The number of rotatable bonds is 0. The number of nitrogens with two attached hydrogens (primary N) is 1. The van der Waals surface area contributed by atoms with Gasteiger partial charge in [-0.2, -0.15) is 0 Å². The molecule has 2 aromatic heterocycles. The third-order valence-electron chi connectivity index (χ3n) is 1.10. The highest BCUT2D eigenvalue weighted by Gasteiger charge is 2.03. The van der Waals surface area contributed by atoms with Crippen molar-refractivity contribution in [3.8, 4) is 0 Å². The third-order valence-corrected chi connectivity index (χ3v) is 2.02. The minimum absolute atomic E-state index is 0.486. The summed E-state index contributed by atoms with van der Waals surface area (Å²) in [7, 11) is 0. The Hall–Kier alpha value is -1.03. The smallest absolute Gasteiger partial charge is 0.184 e. The van der Waals surface area contributed by atoms with E-state index in [0.29, 0.717) is 5.82 Å². The van der Waals surface area contributed by atoms with Crippen LogP contribution in [0.4, 0.5) is 5.82 Å². The van der Waals surface area contributed by atoms with Gasteiger partial charge in [-0.3, -0.25) is 0 Å². The second kappa shape index (κ2) is 1.48. The van der Waals surface area contributed by atoms with Gasteiger partial charge in [0.2, 0.25) is 0 Å². The molecule has 2 aromatic rings. The molecule has 0 aliphatic carbocycles. The predicted molar refractivity (Wildman–Crippen MR) is 36.3 cm³/mol. The molecule has 0 aliphatic rings. The second-order valence-corrected chi connectivity index (χ2v) is 2.60. The Morgan fingerprint density at radius 2 is 2.56 bits per heavy atom. The number of hydrogen-bond acceptors (Lipinski definition) is 4. The topological polar surface area (TPSA) is 52.0 Å². The first-order valence-electron chi connectivity index (χ1n) is 2.46. The van der Waals surface area contributed by atoms with Gasteiger partial charge in [-0.25, -0.2) is 0 Å². The van der Waals surface area contributed by atoms with Crippen LogP contribution in [-0.2, 0) is 0 Å². The van der Waals surface area contributed by atoms with E-state index in [2.05, 4.69) is 5.16 Å². The average molecular weight is 140 g/mol. The van der Waals surface area contributed by atoms with Gasteiger partial charge in [0.25, 0.3) is 0 Å². The van der Waals surface area contributed by atoms with Gasteiger partial charge >= 0.3 is 0 Å². The molecule has 0 fully saturated rings. The number of hydrogen-bond donors (Lipinski definition) is 1. The van der Waals surface area contributed by atoms with Gasteiger partial charge in [0, 0.05) is 0 Å². The lowest BCUT2D eigenvalue weighted by Gasteiger charge is -1.71. The third kappa shape index (κ3) is 0.533. The van der Waals surface area contributed by atoms with Gasteiger partial charge in [-0.15, -0.1) is 11.3 Å². The number of nitrogens with zero attached hydrogens (tertiary/aromatic N) is 1. The Morgan fingerprint density at radius 1 is 1.67 bits per heavy atom. The van der Waals surface area contributed by atoms with Crippen LogP contribution in [0.3, 0.4) is 0 Å². The monoisotopic (exact) mass is 140 g/mol. The van der Waals surface area contributed by atoms with Crippen molar-refractivity contribution in [3.05, 3.63) is 11.4 Å². The standard InChI is InChI=1S/C5H4N2OS/c6-5-4-3(8-7-5)1-2-9-4/h1-2H,(H2,6,7). The average Bonchev–Trinajstić information content (AvgIpc) is 2.35. The maximum atomic E-state index is 5.43. The zero-order valence-corrected chi connectivity index (χ0v) is 5.31. The van der Waals surface area contributed by atoms with E-state index in [1.807, 2.05) is 11.4 Å². The Kier molecular flexibility index (Phi) is 0.790. The van der Waals surface area contributed by atoms with Crippen molar-refractivity contribution in [1.29, 1.82) is 0 Å². The summed E-state index contributed by atoms with van der Waals surface area (Å²) >= 11 is 1.54. The van der Waals surface area contributed by atoms with E-state index in [0.717, 1.165) is 10.3 Å². The molecule has 2 N–H and O–H groups in total. The molecule has 2 heterocycles. The van der Waals surface area contributed by atoms with Crippen LogP contribution < -0.4 is 5.73 Å². The molecule has 3 nitrogen and oxygen atoms in total. The lowest BCUT2D eigenvalue weighted by Crippen LogP contribution is -1.80. The fourth-order valence-corrected chi connectivity index (χ4v) is 1.40. The summed E-state index contributed by atoms with van der Waals surface area (Å²) in [5.74, 6) is 0.486. The van der Waals surface area contributed by atoms with Crippen LogP contribution in [0.1, 0.15) is 0 Å². The van der Waals surface area contributed by atoms with Crippen molar-refractivity contribution in [1.82, 2.24) is 5.16 Å². The molecule has 46 valence electrons. The molecule has 4 heteroatoms. The summed E-state index contributed by atoms with van der Waals surface area (Å²) in [6.07, 6.45) is 0. The Balaban J connectivity index is 2.99. The highest BCUT2D eigenvalue weighted by molar-refractivity contribution is 7.17. The molecule has 0 saturated heterocycles. The number of aromatic nitrogens is 1. The fraction of sp³-hybridized carbons (Fsp3) is 0. The molecule has 2 rings (SSSR count). The first-order valence-corrected chi connectivity index (χ1v) is 3.34. The number of fused-ring (bicyclic) bond motifs is 1. The molecule has 0 saturated carbocycles. The maximum absolute atomic E-state index is 5.43. The molecule has 0 amide bonds. The highest BCUT2D eigenvalue weighted by atomic mass is 32.1. The van der Waals surface area contributed by atoms with Gasteiger partial charge < -0.3 is 10.3 Å². The van der Waals surface area contributed by atoms with Crippen LogP contribution in [-0.4, -0.2) is 5.16 Å². The molecule has 0 radical (unpaired) electrons. The Morgan fingerprint density at radius 3 is 3.33 bits per heavy atom. The highest BCUT2D eigenvalue weighted by Crippen LogP contribution is 2.25. The summed E-state index contributed by atoms with van der Waals surface area (Å²) < 4.78 is 5.76. The minimum Gasteiger partial charge on any atom is -0.380 e. The molecule has 0 spiro atoms. The summed E-state index contributed by atoms with van der Waals surface area (Å²) in [6, 6.07) is 1.85. The lowest BCUT2D eigenvalue weighted by atomic mass is 10.5. The van der Waals surface area contributed by atoms with Crippen LogP contribution in [0.25, 0.3) is 10.3 Å². The van der Waals surface area contributed by atoms with Crippen molar-refractivity contribution in [2.45, 2.75) is 0 Å². The molecule has 0 aliphatic heterocycles. The van der Waals surface area contributed by atoms with Gasteiger partial charge in [0.05, 0.1) is 0 Å². The molecular weight excluding hydrogens is 136 g/mol. The van der Waals surface area contributed by atoms with E-state index < -0.39 is 0 Å². The first kappa shape index (κ1) is 4.81. The van der Waals surface area contributed by atoms with Gasteiger partial charge in [-0.05, 0) is 11.4 Å². The largest absolute Gasteiger partial charge is 0.380 e. The van der Waals surface area contributed by atoms with Crippen molar-refractivity contribution in [2.24, 2.45) is 0 Å². The van der Waals surface area contributed by atoms with Crippen molar-refractivity contribution in [2.75, 3.05) is 5.73 Å². The van der Waals surface area contributed by atoms with E-state index in [1.54, 1.807) is 0 Å². The van der Waals surface area contributed by atoms with Gasteiger partial charge in [-0.1, -0.05) is 5.16 Å². The predicted octanol–water partition coefficient (Wildman–Crippen LogP) is 1.47. The SMILES string of the molecule is Nc1noc2ccsc12. The van der Waals surface area contributed by atoms with E-state index in [1.165, 1.54) is 11.3 Å². The fourth-order valence-electron chi connectivity index (χ4n) is 0.696. The molecule has 0 atom stereocenters. The maximum Gasteiger partial charge on any atom is 0.184 e. The van der Waals surface area contributed by atoms with E-state index in [4.69, 9.17) is 10.3 Å². The number of thiophene rings is 1. The molecule has 0 bridgehead atoms. The second-order valence-electron chi connectivity index (χ2n) is 1.68.